The summed E-state index contributed by atoms with van der Waals surface area (Å²) in [4.78, 5) is 27.1. The molecular formula is C14H19N3O3. The molecule has 0 radical (unpaired) electrons. The molecule has 1 heterocycles. The third-order valence-electron chi connectivity index (χ3n) is 3.30. The van der Waals surface area contributed by atoms with Gasteiger partial charge in [0.2, 0.25) is 5.91 Å². The molecule has 108 valence electrons. The normalized spacial score (nSPS) is 15.4. The number of piperazine rings is 1. The Labute approximate surface area is 118 Å². The van der Waals surface area contributed by atoms with Crippen molar-refractivity contribution in [1.29, 1.82) is 0 Å². The molecule has 0 unspecified atom stereocenters. The van der Waals surface area contributed by atoms with Gasteiger partial charge in [-0.2, -0.15) is 0 Å². The number of nitrogen functional groups attached to an aromatic ring is 1. The molecule has 1 aliphatic heterocycles. The highest BCUT2D eigenvalue weighted by atomic mass is 16.5. The second kappa shape index (κ2) is 5.81. The Morgan fingerprint density at radius 1 is 1.40 bits per heavy atom. The number of rotatable bonds is 3. The molecule has 1 aliphatic rings. The van der Waals surface area contributed by atoms with Gasteiger partial charge in [-0.3, -0.25) is 9.59 Å². The molecule has 0 spiro atoms. The SMILES string of the molecule is CCOc1ccc(C(=O)N2CCN(C)C(=O)C2)cc1N. The highest BCUT2D eigenvalue weighted by Crippen LogP contribution is 2.23. The van der Waals surface area contributed by atoms with Gasteiger partial charge in [0.05, 0.1) is 12.3 Å². The number of carbonyl (C=O) groups excluding carboxylic acids is 2. The fourth-order valence-corrected chi connectivity index (χ4v) is 2.08. The summed E-state index contributed by atoms with van der Waals surface area (Å²) in [7, 11) is 1.74. The number of carbonyl (C=O) groups is 2. The highest BCUT2D eigenvalue weighted by molar-refractivity contribution is 5.98. The maximum Gasteiger partial charge on any atom is 0.254 e. The quantitative estimate of drug-likeness (QED) is 0.820. The molecule has 0 saturated carbocycles. The molecule has 1 aromatic rings. The van der Waals surface area contributed by atoms with Gasteiger partial charge in [0.1, 0.15) is 12.3 Å². The van der Waals surface area contributed by atoms with Crippen LogP contribution in [0.3, 0.4) is 0 Å². The van der Waals surface area contributed by atoms with Gasteiger partial charge in [0.15, 0.2) is 0 Å². The van der Waals surface area contributed by atoms with Gasteiger partial charge in [-0.15, -0.1) is 0 Å². The number of nitrogens with zero attached hydrogens (tertiary/aromatic N) is 2. The van der Waals surface area contributed by atoms with E-state index in [0.29, 0.717) is 36.7 Å². The van der Waals surface area contributed by atoms with Crippen LogP contribution in [0.2, 0.25) is 0 Å². The van der Waals surface area contributed by atoms with Crippen LogP contribution < -0.4 is 10.5 Å². The predicted octanol–water partition coefficient (Wildman–Crippen LogP) is 0.582. The maximum absolute atomic E-state index is 12.3. The van der Waals surface area contributed by atoms with E-state index in [1.54, 1.807) is 30.1 Å². The molecule has 6 heteroatoms. The summed E-state index contributed by atoms with van der Waals surface area (Å²) in [6.07, 6.45) is 0. The lowest BCUT2D eigenvalue weighted by Crippen LogP contribution is -2.50. The molecule has 20 heavy (non-hydrogen) atoms. The minimum atomic E-state index is -0.179. The van der Waals surface area contributed by atoms with Crippen molar-refractivity contribution in [3.8, 4) is 5.75 Å². The van der Waals surface area contributed by atoms with Crippen LogP contribution in [0.25, 0.3) is 0 Å². The van der Waals surface area contributed by atoms with Crippen LogP contribution in [0.4, 0.5) is 5.69 Å². The second-order valence-electron chi connectivity index (χ2n) is 4.73. The number of benzene rings is 1. The minimum absolute atomic E-state index is 0.0523. The lowest BCUT2D eigenvalue weighted by molar-refractivity contribution is -0.133. The molecule has 0 bridgehead atoms. The Balaban J connectivity index is 2.13. The zero-order valence-corrected chi connectivity index (χ0v) is 11.8. The van der Waals surface area contributed by atoms with E-state index < -0.39 is 0 Å². The van der Waals surface area contributed by atoms with Crippen molar-refractivity contribution in [2.24, 2.45) is 0 Å². The van der Waals surface area contributed by atoms with Crippen LogP contribution in [-0.4, -0.2) is 54.9 Å². The first-order valence-corrected chi connectivity index (χ1v) is 6.58. The van der Waals surface area contributed by atoms with Gasteiger partial charge in [-0.05, 0) is 25.1 Å². The first-order chi connectivity index (χ1) is 9.52. The Bertz CT molecular complexity index is 530. The zero-order valence-electron chi connectivity index (χ0n) is 11.8. The van der Waals surface area contributed by atoms with Gasteiger partial charge >= 0.3 is 0 Å². The summed E-state index contributed by atoms with van der Waals surface area (Å²) in [5, 5.41) is 0. The van der Waals surface area contributed by atoms with Crippen LogP contribution in [0.1, 0.15) is 17.3 Å². The van der Waals surface area contributed by atoms with Crippen molar-refractivity contribution in [3.05, 3.63) is 23.8 Å². The molecule has 1 aromatic carbocycles. The molecule has 0 aliphatic carbocycles. The lowest BCUT2D eigenvalue weighted by Gasteiger charge is -2.32. The number of anilines is 1. The Kier molecular flexibility index (Phi) is 4.12. The topological polar surface area (TPSA) is 75.9 Å². The van der Waals surface area contributed by atoms with Gasteiger partial charge in [-0.1, -0.05) is 0 Å². The number of hydrogen-bond donors (Lipinski definition) is 1. The van der Waals surface area contributed by atoms with Crippen molar-refractivity contribution in [3.63, 3.8) is 0 Å². The Hall–Kier alpha value is -2.24. The summed E-state index contributed by atoms with van der Waals surface area (Å²) >= 11 is 0. The van der Waals surface area contributed by atoms with Gasteiger partial charge in [0.25, 0.3) is 5.91 Å². The smallest absolute Gasteiger partial charge is 0.254 e. The van der Waals surface area contributed by atoms with Crippen LogP contribution in [0.5, 0.6) is 5.75 Å². The van der Waals surface area contributed by atoms with Crippen molar-refractivity contribution >= 4 is 17.5 Å². The van der Waals surface area contributed by atoms with Gasteiger partial charge < -0.3 is 20.3 Å². The van der Waals surface area contributed by atoms with E-state index >= 15 is 0 Å². The molecule has 2 amide bonds. The van der Waals surface area contributed by atoms with E-state index in [0.717, 1.165) is 0 Å². The third kappa shape index (κ3) is 2.84. The largest absolute Gasteiger partial charge is 0.492 e. The summed E-state index contributed by atoms with van der Waals surface area (Å²) in [5.74, 6) is 0.336. The maximum atomic E-state index is 12.3. The summed E-state index contributed by atoms with van der Waals surface area (Å²) in [6, 6.07) is 4.95. The lowest BCUT2D eigenvalue weighted by atomic mass is 10.1. The van der Waals surface area contributed by atoms with E-state index in [-0.39, 0.29) is 18.4 Å². The predicted molar refractivity (Wildman–Crippen MR) is 75.6 cm³/mol. The second-order valence-corrected chi connectivity index (χ2v) is 4.73. The van der Waals surface area contributed by atoms with Crippen LogP contribution in [0.15, 0.2) is 18.2 Å². The fraction of sp³-hybridized carbons (Fsp3) is 0.429. The van der Waals surface area contributed by atoms with Crippen molar-refractivity contribution in [2.45, 2.75) is 6.92 Å². The number of hydrogen-bond acceptors (Lipinski definition) is 4. The van der Waals surface area contributed by atoms with Gasteiger partial charge in [0, 0.05) is 25.7 Å². The fourth-order valence-electron chi connectivity index (χ4n) is 2.08. The molecule has 1 fully saturated rings. The summed E-state index contributed by atoms with van der Waals surface area (Å²) in [5.41, 5.74) is 6.76. The standard InChI is InChI=1S/C14H19N3O3/c1-3-20-12-5-4-10(8-11(12)15)14(19)17-7-6-16(2)13(18)9-17/h4-5,8H,3,6-7,9,15H2,1-2H3. The number of ether oxygens (including phenoxy) is 1. The third-order valence-corrected chi connectivity index (χ3v) is 3.30. The van der Waals surface area contributed by atoms with Crippen molar-refractivity contribution in [1.82, 2.24) is 9.80 Å². The van der Waals surface area contributed by atoms with Crippen LogP contribution in [0, 0.1) is 0 Å². The molecule has 6 nitrogen and oxygen atoms in total. The molecule has 0 atom stereocenters. The van der Waals surface area contributed by atoms with E-state index in [1.807, 2.05) is 6.92 Å². The van der Waals surface area contributed by atoms with E-state index in [9.17, 15) is 9.59 Å². The summed E-state index contributed by atoms with van der Waals surface area (Å²) < 4.78 is 5.34. The minimum Gasteiger partial charge on any atom is -0.492 e. The monoisotopic (exact) mass is 277 g/mol. The average molecular weight is 277 g/mol. The first-order valence-electron chi connectivity index (χ1n) is 6.58. The number of nitrogens with two attached hydrogens (primary N) is 1. The van der Waals surface area contributed by atoms with Gasteiger partial charge in [-0.25, -0.2) is 0 Å². The van der Waals surface area contributed by atoms with Crippen LogP contribution >= 0.6 is 0 Å². The zero-order chi connectivity index (χ0) is 14.7. The molecular weight excluding hydrogens is 258 g/mol. The Morgan fingerprint density at radius 2 is 2.15 bits per heavy atom. The first kappa shape index (κ1) is 14.2. The summed E-state index contributed by atoms with van der Waals surface area (Å²) in [6.45, 7) is 3.59. The van der Waals surface area contributed by atoms with E-state index in [4.69, 9.17) is 10.5 Å². The molecule has 1 saturated heterocycles. The average Bonchev–Trinajstić information content (AvgIpc) is 2.43. The Morgan fingerprint density at radius 3 is 2.75 bits per heavy atom. The van der Waals surface area contributed by atoms with Crippen LogP contribution in [-0.2, 0) is 4.79 Å². The van der Waals surface area contributed by atoms with E-state index in [2.05, 4.69) is 0 Å². The van der Waals surface area contributed by atoms with Crippen molar-refractivity contribution < 1.29 is 14.3 Å². The molecule has 2 N–H and O–H groups in total. The van der Waals surface area contributed by atoms with E-state index in [1.165, 1.54) is 4.90 Å². The molecule has 0 aromatic heterocycles. The number of amides is 2. The number of likely N-dealkylation sites (N-methyl/N-ethyl adjacent to an activating group) is 1. The highest BCUT2D eigenvalue weighted by Gasteiger charge is 2.25. The van der Waals surface area contributed by atoms with Crippen molar-refractivity contribution in [2.75, 3.05) is 39.0 Å². The molecule has 2 rings (SSSR count).